The third-order valence-corrected chi connectivity index (χ3v) is 4.87. The Hall–Kier alpha value is -0.480. The Bertz CT molecular complexity index is 351. The van der Waals surface area contributed by atoms with Crippen molar-refractivity contribution in [2.45, 2.75) is 63.4 Å². The zero-order valence-electron chi connectivity index (χ0n) is 11.6. The van der Waals surface area contributed by atoms with Crippen LogP contribution in [-0.2, 0) is 13.1 Å². The van der Waals surface area contributed by atoms with E-state index in [0.29, 0.717) is 6.04 Å². The first-order valence-corrected chi connectivity index (χ1v) is 8.38. The lowest BCUT2D eigenvalue weighted by molar-refractivity contribution is 0.373. The SMILES string of the molecule is CCCn1ccnc1CNC1CCCC(SC)C1. The van der Waals surface area contributed by atoms with Gasteiger partial charge in [0.2, 0.25) is 0 Å². The van der Waals surface area contributed by atoms with Crippen molar-refractivity contribution in [1.82, 2.24) is 14.9 Å². The summed E-state index contributed by atoms with van der Waals surface area (Å²) in [4.78, 5) is 4.45. The first kappa shape index (κ1) is 13.9. The van der Waals surface area contributed by atoms with Crippen LogP contribution in [0, 0.1) is 0 Å². The molecule has 1 aliphatic carbocycles. The van der Waals surface area contributed by atoms with Gasteiger partial charge in [-0.15, -0.1) is 0 Å². The molecule has 1 saturated carbocycles. The summed E-state index contributed by atoms with van der Waals surface area (Å²) in [5.74, 6) is 1.18. The molecule has 2 unspecified atom stereocenters. The van der Waals surface area contributed by atoms with Crippen molar-refractivity contribution >= 4 is 11.8 Å². The summed E-state index contributed by atoms with van der Waals surface area (Å²) >= 11 is 2.02. The average Bonchev–Trinajstić information content (AvgIpc) is 2.85. The lowest BCUT2D eigenvalue weighted by Crippen LogP contribution is -2.35. The Kier molecular flexibility index (Phi) is 5.57. The largest absolute Gasteiger partial charge is 0.334 e. The molecule has 0 aliphatic heterocycles. The standard InChI is InChI=1S/C14H25N3S/c1-3-8-17-9-7-15-14(17)11-16-12-5-4-6-13(10-12)18-2/h7,9,12-13,16H,3-6,8,10-11H2,1-2H3. The second-order valence-electron chi connectivity index (χ2n) is 5.14. The van der Waals surface area contributed by atoms with Crippen LogP contribution in [-0.4, -0.2) is 27.1 Å². The molecule has 2 atom stereocenters. The van der Waals surface area contributed by atoms with Crippen molar-refractivity contribution in [1.29, 1.82) is 0 Å². The molecule has 1 fully saturated rings. The van der Waals surface area contributed by atoms with E-state index in [4.69, 9.17) is 0 Å². The van der Waals surface area contributed by atoms with Gasteiger partial charge in [-0.1, -0.05) is 13.3 Å². The summed E-state index contributed by atoms with van der Waals surface area (Å²) in [5, 5.41) is 4.54. The number of hydrogen-bond acceptors (Lipinski definition) is 3. The number of hydrogen-bond donors (Lipinski definition) is 1. The molecule has 1 N–H and O–H groups in total. The van der Waals surface area contributed by atoms with E-state index in [1.165, 1.54) is 37.9 Å². The quantitative estimate of drug-likeness (QED) is 0.859. The van der Waals surface area contributed by atoms with Crippen molar-refractivity contribution in [3.8, 4) is 0 Å². The van der Waals surface area contributed by atoms with E-state index in [-0.39, 0.29) is 0 Å². The molecule has 1 aromatic rings. The molecule has 1 aromatic heterocycles. The minimum Gasteiger partial charge on any atom is -0.334 e. The topological polar surface area (TPSA) is 29.9 Å². The predicted molar refractivity (Wildman–Crippen MR) is 78.9 cm³/mol. The maximum absolute atomic E-state index is 4.45. The molecule has 4 heteroatoms. The highest BCUT2D eigenvalue weighted by Crippen LogP contribution is 2.26. The smallest absolute Gasteiger partial charge is 0.122 e. The highest BCUT2D eigenvalue weighted by Gasteiger charge is 2.20. The van der Waals surface area contributed by atoms with Gasteiger partial charge >= 0.3 is 0 Å². The van der Waals surface area contributed by atoms with Crippen molar-refractivity contribution in [3.05, 3.63) is 18.2 Å². The molecule has 0 aromatic carbocycles. The number of nitrogens with one attached hydrogen (secondary N) is 1. The molecular weight excluding hydrogens is 242 g/mol. The van der Waals surface area contributed by atoms with Crippen molar-refractivity contribution in [3.63, 3.8) is 0 Å². The van der Waals surface area contributed by atoms with Gasteiger partial charge in [0.05, 0.1) is 6.54 Å². The van der Waals surface area contributed by atoms with E-state index in [2.05, 4.69) is 34.2 Å². The zero-order valence-corrected chi connectivity index (χ0v) is 12.4. The van der Waals surface area contributed by atoms with Gasteiger partial charge in [-0.05, 0) is 31.9 Å². The molecule has 1 heterocycles. The summed E-state index contributed by atoms with van der Waals surface area (Å²) in [5.41, 5.74) is 0. The van der Waals surface area contributed by atoms with Crippen LogP contribution in [0.4, 0.5) is 0 Å². The maximum Gasteiger partial charge on any atom is 0.122 e. The van der Waals surface area contributed by atoms with Gasteiger partial charge in [0.15, 0.2) is 0 Å². The van der Waals surface area contributed by atoms with Gasteiger partial charge in [-0.25, -0.2) is 4.98 Å². The summed E-state index contributed by atoms with van der Waals surface area (Å²) in [7, 11) is 0. The molecule has 0 bridgehead atoms. The highest BCUT2D eigenvalue weighted by atomic mass is 32.2. The van der Waals surface area contributed by atoms with Gasteiger partial charge in [-0.3, -0.25) is 0 Å². The van der Waals surface area contributed by atoms with Crippen molar-refractivity contribution in [2.24, 2.45) is 0 Å². The number of rotatable bonds is 6. The first-order chi connectivity index (χ1) is 8.83. The van der Waals surface area contributed by atoms with E-state index in [0.717, 1.165) is 18.3 Å². The van der Waals surface area contributed by atoms with E-state index in [1.807, 2.05) is 18.0 Å². The normalized spacial score (nSPS) is 24.3. The van der Waals surface area contributed by atoms with Crippen LogP contribution in [0.25, 0.3) is 0 Å². The Balaban J connectivity index is 1.81. The monoisotopic (exact) mass is 267 g/mol. The number of nitrogens with zero attached hydrogens (tertiary/aromatic N) is 2. The van der Waals surface area contributed by atoms with E-state index < -0.39 is 0 Å². The Labute approximate surface area is 115 Å². The molecule has 0 spiro atoms. The lowest BCUT2D eigenvalue weighted by atomic mass is 9.95. The Morgan fingerprint density at radius 1 is 1.50 bits per heavy atom. The van der Waals surface area contributed by atoms with Crippen LogP contribution in [0.1, 0.15) is 44.9 Å². The summed E-state index contributed by atoms with van der Waals surface area (Å²) in [6, 6.07) is 0.683. The van der Waals surface area contributed by atoms with E-state index in [1.54, 1.807) is 0 Å². The molecule has 2 rings (SSSR count). The van der Waals surface area contributed by atoms with Crippen LogP contribution < -0.4 is 5.32 Å². The fourth-order valence-corrected chi connectivity index (χ4v) is 3.56. The molecule has 0 radical (unpaired) electrons. The van der Waals surface area contributed by atoms with Crippen molar-refractivity contribution < 1.29 is 0 Å². The van der Waals surface area contributed by atoms with Gasteiger partial charge in [0, 0.05) is 30.2 Å². The molecule has 3 nitrogen and oxygen atoms in total. The molecular formula is C14H25N3S. The number of aromatic nitrogens is 2. The third kappa shape index (κ3) is 3.75. The van der Waals surface area contributed by atoms with Gasteiger partial charge < -0.3 is 9.88 Å². The van der Waals surface area contributed by atoms with E-state index in [9.17, 15) is 0 Å². The average molecular weight is 267 g/mol. The summed E-state index contributed by atoms with van der Waals surface area (Å²) < 4.78 is 2.27. The Morgan fingerprint density at radius 2 is 2.39 bits per heavy atom. The second-order valence-corrected chi connectivity index (χ2v) is 6.28. The highest BCUT2D eigenvalue weighted by molar-refractivity contribution is 7.99. The van der Waals surface area contributed by atoms with Crippen LogP contribution in [0.15, 0.2) is 12.4 Å². The molecule has 0 saturated heterocycles. The second kappa shape index (κ2) is 7.19. The summed E-state index contributed by atoms with van der Waals surface area (Å²) in [6.45, 7) is 4.20. The fraction of sp³-hybridized carbons (Fsp3) is 0.786. The van der Waals surface area contributed by atoms with Gasteiger partial charge in [0.25, 0.3) is 0 Å². The number of thioether (sulfide) groups is 1. The van der Waals surface area contributed by atoms with Crippen LogP contribution in [0.3, 0.4) is 0 Å². The van der Waals surface area contributed by atoms with Gasteiger partial charge in [0.1, 0.15) is 5.82 Å². The molecule has 1 aliphatic rings. The van der Waals surface area contributed by atoms with Crippen LogP contribution >= 0.6 is 11.8 Å². The van der Waals surface area contributed by atoms with Crippen LogP contribution in [0.2, 0.25) is 0 Å². The minimum atomic E-state index is 0.683. The summed E-state index contributed by atoms with van der Waals surface area (Å²) in [6.07, 6.45) is 12.8. The maximum atomic E-state index is 4.45. The minimum absolute atomic E-state index is 0.683. The molecule has 18 heavy (non-hydrogen) atoms. The zero-order chi connectivity index (χ0) is 12.8. The Morgan fingerprint density at radius 3 is 3.17 bits per heavy atom. The van der Waals surface area contributed by atoms with E-state index >= 15 is 0 Å². The van der Waals surface area contributed by atoms with Crippen molar-refractivity contribution in [2.75, 3.05) is 6.26 Å². The first-order valence-electron chi connectivity index (χ1n) is 7.09. The lowest BCUT2D eigenvalue weighted by Gasteiger charge is -2.28. The molecule has 102 valence electrons. The van der Waals surface area contributed by atoms with Gasteiger partial charge in [-0.2, -0.15) is 11.8 Å². The fourth-order valence-electron chi connectivity index (χ4n) is 2.73. The molecule has 0 amide bonds. The van der Waals surface area contributed by atoms with Crippen LogP contribution in [0.5, 0.6) is 0 Å². The predicted octanol–water partition coefficient (Wildman–Crippen LogP) is 3.06. The number of imidazole rings is 1. The number of aryl methyl sites for hydroxylation is 1. The third-order valence-electron chi connectivity index (χ3n) is 3.77.